The van der Waals surface area contributed by atoms with Gasteiger partial charge in [-0.05, 0) is 36.8 Å². The van der Waals surface area contributed by atoms with Crippen molar-refractivity contribution in [2.24, 2.45) is 0 Å². The van der Waals surface area contributed by atoms with E-state index in [4.69, 9.17) is 9.47 Å². The SMILES string of the molecule is CCOc1ccccc1NC(=O)Cc1ccc2c(c1)NC(=O)CO2. The molecule has 0 unspecified atom stereocenters. The van der Waals surface area contributed by atoms with Crippen LogP contribution in [0.1, 0.15) is 12.5 Å². The van der Waals surface area contributed by atoms with Crippen LogP contribution in [0.2, 0.25) is 0 Å². The number of amides is 2. The monoisotopic (exact) mass is 326 g/mol. The summed E-state index contributed by atoms with van der Waals surface area (Å²) >= 11 is 0. The summed E-state index contributed by atoms with van der Waals surface area (Å²) in [7, 11) is 0. The van der Waals surface area contributed by atoms with Crippen molar-refractivity contribution in [2.45, 2.75) is 13.3 Å². The quantitative estimate of drug-likeness (QED) is 0.885. The lowest BCUT2D eigenvalue weighted by Gasteiger charge is -2.18. The Balaban J connectivity index is 1.69. The predicted molar refractivity (Wildman–Crippen MR) is 90.5 cm³/mol. The second-order valence-corrected chi connectivity index (χ2v) is 5.32. The standard InChI is InChI=1S/C18H18N2O4/c1-2-23-15-6-4-3-5-13(15)19-17(21)10-12-7-8-16-14(9-12)20-18(22)11-24-16/h3-9H,2,10-11H2,1H3,(H,19,21)(H,20,22). The molecule has 124 valence electrons. The number of carbonyl (C=O) groups excluding carboxylic acids is 2. The van der Waals surface area contributed by atoms with Crippen molar-refractivity contribution in [3.63, 3.8) is 0 Å². The maximum atomic E-state index is 12.3. The van der Waals surface area contributed by atoms with Crippen molar-refractivity contribution >= 4 is 23.2 Å². The first-order valence-electron chi connectivity index (χ1n) is 7.73. The fraction of sp³-hybridized carbons (Fsp3) is 0.222. The summed E-state index contributed by atoms with van der Waals surface area (Å²) in [5, 5.41) is 5.58. The number of carbonyl (C=O) groups is 2. The molecule has 3 rings (SSSR count). The fourth-order valence-electron chi connectivity index (χ4n) is 2.47. The van der Waals surface area contributed by atoms with Crippen molar-refractivity contribution in [3.8, 4) is 11.5 Å². The highest BCUT2D eigenvalue weighted by molar-refractivity contribution is 5.96. The molecule has 6 nitrogen and oxygen atoms in total. The molecule has 0 spiro atoms. The van der Waals surface area contributed by atoms with E-state index in [2.05, 4.69) is 10.6 Å². The van der Waals surface area contributed by atoms with Crippen LogP contribution in [0, 0.1) is 0 Å². The smallest absolute Gasteiger partial charge is 0.262 e. The van der Waals surface area contributed by atoms with Gasteiger partial charge in [-0.25, -0.2) is 0 Å². The molecule has 0 saturated carbocycles. The average molecular weight is 326 g/mol. The molecule has 0 atom stereocenters. The highest BCUT2D eigenvalue weighted by Crippen LogP contribution is 2.29. The molecule has 24 heavy (non-hydrogen) atoms. The molecule has 0 bridgehead atoms. The maximum Gasteiger partial charge on any atom is 0.262 e. The minimum Gasteiger partial charge on any atom is -0.492 e. The predicted octanol–water partition coefficient (Wildman–Crippen LogP) is 2.60. The molecule has 0 aromatic heterocycles. The van der Waals surface area contributed by atoms with Gasteiger partial charge in [0.1, 0.15) is 11.5 Å². The zero-order chi connectivity index (χ0) is 16.9. The Bertz CT molecular complexity index is 773. The van der Waals surface area contributed by atoms with Crippen molar-refractivity contribution in [2.75, 3.05) is 23.8 Å². The van der Waals surface area contributed by atoms with Gasteiger partial charge in [0.25, 0.3) is 5.91 Å². The Hall–Kier alpha value is -3.02. The molecule has 1 heterocycles. The molecule has 2 aromatic carbocycles. The van der Waals surface area contributed by atoms with E-state index in [1.807, 2.05) is 31.2 Å². The van der Waals surface area contributed by atoms with Gasteiger partial charge in [-0.3, -0.25) is 9.59 Å². The molecule has 1 aliphatic rings. The van der Waals surface area contributed by atoms with Gasteiger partial charge in [0.15, 0.2) is 6.61 Å². The number of fused-ring (bicyclic) bond motifs is 1. The van der Waals surface area contributed by atoms with E-state index in [1.54, 1.807) is 18.2 Å². The van der Waals surface area contributed by atoms with Crippen molar-refractivity contribution in [1.82, 2.24) is 0 Å². The Morgan fingerprint density at radius 2 is 2.12 bits per heavy atom. The first-order valence-corrected chi connectivity index (χ1v) is 7.73. The molecule has 0 saturated heterocycles. The van der Waals surface area contributed by atoms with Gasteiger partial charge >= 0.3 is 0 Å². The summed E-state index contributed by atoms with van der Waals surface area (Å²) in [5.74, 6) is 0.889. The highest BCUT2D eigenvalue weighted by atomic mass is 16.5. The average Bonchev–Trinajstić information content (AvgIpc) is 2.56. The Labute approximate surface area is 139 Å². The number of rotatable bonds is 5. The van der Waals surface area contributed by atoms with Gasteiger partial charge in [-0.1, -0.05) is 18.2 Å². The van der Waals surface area contributed by atoms with Crippen molar-refractivity contribution < 1.29 is 19.1 Å². The largest absolute Gasteiger partial charge is 0.492 e. The van der Waals surface area contributed by atoms with Crippen LogP contribution < -0.4 is 20.1 Å². The van der Waals surface area contributed by atoms with Crippen molar-refractivity contribution in [1.29, 1.82) is 0 Å². The molecule has 0 radical (unpaired) electrons. The fourth-order valence-corrected chi connectivity index (χ4v) is 2.47. The Kier molecular flexibility index (Phi) is 4.65. The van der Waals surface area contributed by atoms with Gasteiger partial charge in [0.05, 0.1) is 24.4 Å². The van der Waals surface area contributed by atoms with Crippen LogP contribution in [0.5, 0.6) is 11.5 Å². The molecule has 2 N–H and O–H groups in total. The highest BCUT2D eigenvalue weighted by Gasteiger charge is 2.17. The third-order valence-electron chi connectivity index (χ3n) is 3.50. The summed E-state index contributed by atoms with van der Waals surface area (Å²) in [6.07, 6.45) is 0.184. The Morgan fingerprint density at radius 3 is 2.96 bits per heavy atom. The molecule has 2 aromatic rings. The number of ether oxygens (including phenoxy) is 2. The lowest BCUT2D eigenvalue weighted by molar-refractivity contribution is -0.118. The van der Waals surface area contributed by atoms with E-state index in [-0.39, 0.29) is 24.8 Å². The normalized spacial score (nSPS) is 12.6. The first kappa shape index (κ1) is 15.9. The van der Waals surface area contributed by atoms with Crippen LogP contribution in [0.15, 0.2) is 42.5 Å². The van der Waals surface area contributed by atoms with Gasteiger partial charge in [0, 0.05) is 0 Å². The number of benzene rings is 2. The molecule has 0 aliphatic carbocycles. The molecule has 0 fully saturated rings. The minimum absolute atomic E-state index is 0.0149. The van der Waals surface area contributed by atoms with E-state index in [9.17, 15) is 9.59 Å². The summed E-state index contributed by atoms with van der Waals surface area (Å²) in [6.45, 7) is 2.43. The molecule has 2 amide bonds. The van der Waals surface area contributed by atoms with Crippen LogP contribution in [0.4, 0.5) is 11.4 Å². The van der Waals surface area contributed by atoms with Crippen molar-refractivity contribution in [3.05, 3.63) is 48.0 Å². The number of hydrogen-bond acceptors (Lipinski definition) is 4. The lowest BCUT2D eigenvalue weighted by atomic mass is 10.1. The van der Waals surface area contributed by atoms with Gasteiger partial charge in [-0.2, -0.15) is 0 Å². The molecular formula is C18H18N2O4. The zero-order valence-corrected chi connectivity index (χ0v) is 13.3. The number of nitrogens with one attached hydrogen (secondary N) is 2. The van der Waals surface area contributed by atoms with Crippen LogP contribution in [0.3, 0.4) is 0 Å². The van der Waals surface area contributed by atoms with Crippen LogP contribution >= 0.6 is 0 Å². The third kappa shape index (κ3) is 3.65. The number of para-hydroxylation sites is 2. The minimum atomic E-state index is -0.199. The number of hydrogen-bond donors (Lipinski definition) is 2. The van der Waals surface area contributed by atoms with E-state index in [0.717, 1.165) is 5.56 Å². The first-order chi connectivity index (χ1) is 11.7. The lowest BCUT2D eigenvalue weighted by Crippen LogP contribution is -2.25. The molecule has 1 aliphatic heterocycles. The number of anilines is 2. The summed E-state index contributed by atoms with van der Waals surface area (Å²) in [6, 6.07) is 12.6. The van der Waals surface area contributed by atoms with Crippen LogP contribution in [0.25, 0.3) is 0 Å². The second-order valence-electron chi connectivity index (χ2n) is 5.32. The van der Waals surface area contributed by atoms with E-state index in [1.165, 1.54) is 0 Å². The maximum absolute atomic E-state index is 12.3. The van der Waals surface area contributed by atoms with Crippen LogP contribution in [-0.2, 0) is 16.0 Å². The van der Waals surface area contributed by atoms with Gasteiger partial charge in [0.2, 0.25) is 5.91 Å². The van der Waals surface area contributed by atoms with E-state index in [0.29, 0.717) is 29.5 Å². The summed E-state index contributed by atoms with van der Waals surface area (Å²) in [5.41, 5.74) is 2.01. The third-order valence-corrected chi connectivity index (χ3v) is 3.50. The Morgan fingerprint density at radius 1 is 1.29 bits per heavy atom. The zero-order valence-electron chi connectivity index (χ0n) is 13.3. The van der Waals surface area contributed by atoms with Gasteiger partial charge in [-0.15, -0.1) is 0 Å². The molecular weight excluding hydrogens is 308 g/mol. The van der Waals surface area contributed by atoms with E-state index >= 15 is 0 Å². The topological polar surface area (TPSA) is 76.7 Å². The second kappa shape index (κ2) is 7.04. The molecule has 6 heteroatoms. The summed E-state index contributed by atoms with van der Waals surface area (Å²) in [4.78, 5) is 23.7. The van der Waals surface area contributed by atoms with Crippen LogP contribution in [-0.4, -0.2) is 25.0 Å². The summed E-state index contributed by atoms with van der Waals surface area (Å²) < 4.78 is 10.8. The van der Waals surface area contributed by atoms with Gasteiger partial charge < -0.3 is 20.1 Å². The van der Waals surface area contributed by atoms with E-state index < -0.39 is 0 Å².